The van der Waals surface area contributed by atoms with E-state index in [2.05, 4.69) is 15.2 Å². The Morgan fingerprint density at radius 3 is 2.13 bits per heavy atom. The van der Waals surface area contributed by atoms with Gasteiger partial charge >= 0.3 is 0 Å². The maximum atomic E-state index is 11.9. The highest BCUT2D eigenvalue weighted by Gasteiger charge is 2.16. The number of primary sulfonamides is 1. The smallest absolute Gasteiger partial charge is 0.238 e. The predicted molar refractivity (Wildman–Crippen MR) is 118 cm³/mol. The molecule has 4 aromatic rings. The minimum atomic E-state index is -3.78. The van der Waals surface area contributed by atoms with Gasteiger partial charge in [0.2, 0.25) is 10.0 Å². The van der Waals surface area contributed by atoms with E-state index < -0.39 is 10.0 Å². The van der Waals surface area contributed by atoms with Crippen molar-refractivity contribution in [2.75, 3.05) is 0 Å². The summed E-state index contributed by atoms with van der Waals surface area (Å²) in [6.07, 6.45) is 3.49. The quantitative estimate of drug-likeness (QED) is 0.513. The largest absolute Gasteiger partial charge is 0.282 e. The Labute approximate surface area is 175 Å². The summed E-state index contributed by atoms with van der Waals surface area (Å²) in [7, 11) is -3.78. The van der Waals surface area contributed by atoms with Crippen molar-refractivity contribution >= 4 is 10.0 Å². The van der Waals surface area contributed by atoms with E-state index in [0.717, 1.165) is 50.3 Å². The lowest BCUT2D eigenvalue weighted by molar-refractivity contribution is 0.597. The summed E-state index contributed by atoms with van der Waals surface area (Å²) in [5, 5.41) is 12.9. The predicted octanol–water partition coefficient (Wildman–Crippen LogP) is 4.38. The van der Waals surface area contributed by atoms with Crippen LogP contribution in [0.3, 0.4) is 0 Å². The van der Waals surface area contributed by atoms with Crippen LogP contribution in [0.15, 0.2) is 65.8 Å². The van der Waals surface area contributed by atoms with Crippen molar-refractivity contribution in [3.05, 3.63) is 77.7 Å². The first kappa shape index (κ1) is 20.0. The number of H-pyrrole nitrogens is 1. The van der Waals surface area contributed by atoms with Gasteiger partial charge in [0.25, 0.3) is 0 Å². The summed E-state index contributed by atoms with van der Waals surface area (Å²) in [6, 6.07) is 15.1. The number of rotatable bonds is 4. The molecule has 2 aromatic heterocycles. The zero-order valence-corrected chi connectivity index (χ0v) is 17.8. The number of hydrogen-bond donors (Lipinski definition) is 2. The summed E-state index contributed by atoms with van der Waals surface area (Å²) in [6.45, 7) is 5.86. The van der Waals surface area contributed by atoms with E-state index in [1.807, 2.05) is 57.2 Å². The Bertz CT molecular complexity index is 1330. The Balaban J connectivity index is 1.80. The SMILES string of the molecule is Cc1cc(S(N)(=O)=O)cc(-c2ccc(-c3c(-c4ccncc4)n[nH]c3C)cc2)c1C. The number of hydrogen-bond acceptors (Lipinski definition) is 4. The minimum absolute atomic E-state index is 0.121. The number of aromatic nitrogens is 3. The number of nitrogens with zero attached hydrogens (tertiary/aromatic N) is 2. The summed E-state index contributed by atoms with van der Waals surface area (Å²) in [5.41, 5.74) is 8.55. The monoisotopic (exact) mass is 418 g/mol. The maximum absolute atomic E-state index is 11.9. The molecule has 2 heterocycles. The van der Waals surface area contributed by atoms with Crippen LogP contribution < -0.4 is 5.14 Å². The van der Waals surface area contributed by atoms with Crippen molar-refractivity contribution < 1.29 is 8.42 Å². The number of benzene rings is 2. The lowest BCUT2D eigenvalue weighted by atomic mass is 9.94. The second kappa shape index (κ2) is 7.51. The number of sulfonamides is 1. The first-order valence-corrected chi connectivity index (χ1v) is 11.0. The van der Waals surface area contributed by atoms with Crippen LogP contribution in [0.4, 0.5) is 0 Å². The summed E-state index contributed by atoms with van der Waals surface area (Å²) < 4.78 is 23.7. The molecule has 7 heteroatoms. The second-order valence-electron chi connectivity index (χ2n) is 7.34. The van der Waals surface area contributed by atoms with Gasteiger partial charge in [-0.1, -0.05) is 24.3 Å². The molecule has 2 aromatic carbocycles. The zero-order chi connectivity index (χ0) is 21.5. The van der Waals surface area contributed by atoms with Gasteiger partial charge in [-0.2, -0.15) is 5.10 Å². The topological polar surface area (TPSA) is 102 Å². The Kier molecular flexibility index (Phi) is 5.01. The molecule has 152 valence electrons. The third kappa shape index (κ3) is 3.65. The van der Waals surface area contributed by atoms with Crippen LogP contribution in [0.5, 0.6) is 0 Å². The molecular formula is C23H22N4O2S. The molecule has 0 radical (unpaired) electrons. The van der Waals surface area contributed by atoms with E-state index in [1.54, 1.807) is 24.5 Å². The standard InChI is InChI=1S/C23H22N4O2S/c1-14-12-20(30(24,28)29)13-21(15(14)2)17-4-6-18(7-5-17)22-16(3)26-27-23(22)19-8-10-25-11-9-19/h4-13H,1-3H3,(H,26,27)(H2,24,28,29). The van der Waals surface area contributed by atoms with Gasteiger partial charge in [0, 0.05) is 29.2 Å². The molecule has 4 rings (SSSR count). The average Bonchev–Trinajstić information content (AvgIpc) is 3.11. The van der Waals surface area contributed by atoms with Crippen LogP contribution in [0.2, 0.25) is 0 Å². The maximum Gasteiger partial charge on any atom is 0.238 e. The highest BCUT2D eigenvalue weighted by atomic mass is 32.2. The molecule has 0 aliphatic heterocycles. The second-order valence-corrected chi connectivity index (χ2v) is 8.90. The van der Waals surface area contributed by atoms with Crippen LogP contribution >= 0.6 is 0 Å². The normalized spacial score (nSPS) is 11.6. The molecule has 3 N–H and O–H groups in total. The highest BCUT2D eigenvalue weighted by molar-refractivity contribution is 7.89. The lowest BCUT2D eigenvalue weighted by Crippen LogP contribution is -2.12. The van der Waals surface area contributed by atoms with Gasteiger partial charge in [-0.25, -0.2) is 13.6 Å². The van der Waals surface area contributed by atoms with Gasteiger partial charge in [0.05, 0.1) is 4.90 Å². The van der Waals surface area contributed by atoms with Crippen molar-refractivity contribution in [1.29, 1.82) is 0 Å². The number of nitrogens with two attached hydrogens (primary N) is 1. The molecule has 0 saturated heterocycles. The van der Waals surface area contributed by atoms with E-state index in [-0.39, 0.29) is 4.90 Å². The Hall–Kier alpha value is -3.29. The van der Waals surface area contributed by atoms with Crippen LogP contribution in [0.1, 0.15) is 16.8 Å². The van der Waals surface area contributed by atoms with Crippen LogP contribution in [0.25, 0.3) is 33.5 Å². The molecule has 0 fully saturated rings. The van der Waals surface area contributed by atoms with E-state index in [0.29, 0.717) is 0 Å². The fourth-order valence-electron chi connectivity index (χ4n) is 3.61. The molecule has 0 aliphatic carbocycles. The van der Waals surface area contributed by atoms with Gasteiger partial charge in [-0.15, -0.1) is 0 Å². The van der Waals surface area contributed by atoms with Crippen molar-refractivity contribution in [2.45, 2.75) is 25.7 Å². The third-order valence-electron chi connectivity index (χ3n) is 5.35. The van der Waals surface area contributed by atoms with E-state index in [1.165, 1.54) is 0 Å². The molecular weight excluding hydrogens is 396 g/mol. The van der Waals surface area contributed by atoms with E-state index >= 15 is 0 Å². The molecule has 0 spiro atoms. The zero-order valence-electron chi connectivity index (χ0n) is 17.0. The molecule has 0 amide bonds. The first-order chi connectivity index (χ1) is 14.3. The summed E-state index contributed by atoms with van der Waals surface area (Å²) in [5.74, 6) is 0. The number of aromatic amines is 1. The van der Waals surface area contributed by atoms with Gasteiger partial charge in [0.15, 0.2) is 0 Å². The number of nitrogens with one attached hydrogen (secondary N) is 1. The molecule has 0 bridgehead atoms. The van der Waals surface area contributed by atoms with Crippen LogP contribution in [-0.2, 0) is 10.0 Å². The Morgan fingerprint density at radius 1 is 0.867 bits per heavy atom. The van der Waals surface area contributed by atoms with Crippen molar-refractivity contribution in [1.82, 2.24) is 15.2 Å². The van der Waals surface area contributed by atoms with Gasteiger partial charge in [0.1, 0.15) is 5.69 Å². The number of aryl methyl sites for hydroxylation is 2. The molecule has 0 aliphatic rings. The molecule has 30 heavy (non-hydrogen) atoms. The van der Waals surface area contributed by atoms with Crippen LogP contribution in [-0.4, -0.2) is 23.6 Å². The fourth-order valence-corrected chi connectivity index (χ4v) is 4.23. The van der Waals surface area contributed by atoms with Gasteiger partial charge in [-0.05, 0) is 72.9 Å². The van der Waals surface area contributed by atoms with Gasteiger partial charge in [-0.3, -0.25) is 10.1 Å². The van der Waals surface area contributed by atoms with Crippen molar-refractivity contribution in [3.8, 4) is 33.5 Å². The molecule has 0 atom stereocenters. The first-order valence-electron chi connectivity index (χ1n) is 9.46. The summed E-state index contributed by atoms with van der Waals surface area (Å²) in [4.78, 5) is 4.20. The van der Waals surface area contributed by atoms with Crippen LogP contribution in [0, 0.1) is 20.8 Å². The van der Waals surface area contributed by atoms with Crippen molar-refractivity contribution in [3.63, 3.8) is 0 Å². The summed E-state index contributed by atoms with van der Waals surface area (Å²) >= 11 is 0. The van der Waals surface area contributed by atoms with E-state index in [9.17, 15) is 8.42 Å². The fraction of sp³-hybridized carbons (Fsp3) is 0.130. The average molecular weight is 419 g/mol. The van der Waals surface area contributed by atoms with Crippen molar-refractivity contribution in [2.24, 2.45) is 5.14 Å². The highest BCUT2D eigenvalue weighted by Crippen LogP contribution is 2.35. The lowest BCUT2D eigenvalue weighted by Gasteiger charge is -2.13. The minimum Gasteiger partial charge on any atom is -0.282 e. The van der Waals surface area contributed by atoms with E-state index in [4.69, 9.17) is 5.14 Å². The Morgan fingerprint density at radius 2 is 1.50 bits per heavy atom. The molecule has 0 unspecified atom stereocenters. The molecule has 0 saturated carbocycles. The van der Waals surface area contributed by atoms with Gasteiger partial charge < -0.3 is 0 Å². The number of pyridine rings is 1. The third-order valence-corrected chi connectivity index (χ3v) is 6.25. The molecule has 6 nitrogen and oxygen atoms in total.